The van der Waals surface area contributed by atoms with E-state index in [0.717, 1.165) is 69.9 Å². The van der Waals surface area contributed by atoms with Gasteiger partial charge in [-0.25, -0.2) is 4.98 Å². The number of carbonyl (C=O) groups excluding carboxylic acids is 2. The molecule has 1 saturated carbocycles. The van der Waals surface area contributed by atoms with Crippen LogP contribution in [-0.2, 0) is 32.5 Å². The smallest absolute Gasteiger partial charge is 0.312 e. The van der Waals surface area contributed by atoms with E-state index in [1.807, 2.05) is 17.8 Å². The number of hydrogen-bond acceptors (Lipinski definition) is 5. The topological polar surface area (TPSA) is 70.4 Å². The number of nitrogens with zero attached hydrogens (tertiary/aromatic N) is 2. The Labute approximate surface area is 375 Å². The van der Waals surface area contributed by atoms with Gasteiger partial charge in [0, 0.05) is 25.6 Å². The Bertz CT molecular complexity index is 1310. The fourth-order valence-corrected chi connectivity index (χ4v) is 8.62. The van der Waals surface area contributed by atoms with Crippen LogP contribution in [0.2, 0.25) is 0 Å². The highest BCUT2D eigenvalue weighted by atomic mass is 16.5. The van der Waals surface area contributed by atoms with Gasteiger partial charge in [0.25, 0.3) is 0 Å². The number of aryl methyl sites for hydroxylation is 1. The lowest BCUT2D eigenvalue weighted by Gasteiger charge is -2.25. The molecule has 1 aliphatic carbocycles. The largest absolute Gasteiger partial charge is 0.462 e. The van der Waals surface area contributed by atoms with Crippen LogP contribution in [0, 0.1) is 11.8 Å². The Morgan fingerprint density at radius 1 is 0.639 bits per heavy atom. The fourth-order valence-electron chi connectivity index (χ4n) is 8.62. The van der Waals surface area contributed by atoms with Crippen LogP contribution >= 0.6 is 0 Å². The third kappa shape index (κ3) is 29.7. The molecule has 346 valence electrons. The Kier molecular flexibility index (Phi) is 34.1. The first-order valence-electron chi connectivity index (χ1n) is 25.6. The summed E-state index contributed by atoms with van der Waals surface area (Å²) in [6.07, 6.45) is 62.0. The molecule has 0 bridgehead atoms. The van der Waals surface area contributed by atoms with E-state index < -0.39 is 0 Å². The Morgan fingerprint density at radius 3 is 1.64 bits per heavy atom. The van der Waals surface area contributed by atoms with E-state index in [2.05, 4.69) is 86.5 Å². The van der Waals surface area contributed by atoms with Crippen molar-refractivity contribution < 1.29 is 19.1 Å². The van der Waals surface area contributed by atoms with Gasteiger partial charge >= 0.3 is 11.9 Å². The summed E-state index contributed by atoms with van der Waals surface area (Å²) < 4.78 is 14.2. The average Bonchev–Trinajstić information content (AvgIpc) is 3.83. The van der Waals surface area contributed by atoms with Crippen molar-refractivity contribution in [2.24, 2.45) is 18.9 Å². The van der Waals surface area contributed by atoms with Crippen LogP contribution in [0.25, 0.3) is 0 Å². The maximum absolute atomic E-state index is 13.6. The molecule has 0 aliphatic heterocycles. The first-order chi connectivity index (χ1) is 30.0. The number of imidazole rings is 1. The van der Waals surface area contributed by atoms with Crippen molar-refractivity contribution in [3.63, 3.8) is 0 Å². The molecule has 0 N–H and O–H groups in total. The van der Waals surface area contributed by atoms with Crippen LogP contribution in [0.15, 0.2) is 73.3 Å². The molecule has 0 aromatic carbocycles. The molecule has 1 aromatic heterocycles. The number of carbonyl (C=O) groups is 2. The van der Waals surface area contributed by atoms with Gasteiger partial charge in [0.1, 0.15) is 12.2 Å². The van der Waals surface area contributed by atoms with Crippen molar-refractivity contribution in [2.45, 2.75) is 238 Å². The summed E-state index contributed by atoms with van der Waals surface area (Å²) in [7, 11) is 1.90. The zero-order chi connectivity index (χ0) is 43.9. The summed E-state index contributed by atoms with van der Waals surface area (Å²) >= 11 is 0. The van der Waals surface area contributed by atoms with Gasteiger partial charge in [-0.1, -0.05) is 159 Å². The van der Waals surface area contributed by atoms with Crippen LogP contribution < -0.4 is 0 Å². The Hall–Kier alpha value is -3.15. The molecular weight excluding hydrogens is 753 g/mol. The van der Waals surface area contributed by atoms with Crippen molar-refractivity contribution in [3.8, 4) is 0 Å². The summed E-state index contributed by atoms with van der Waals surface area (Å²) in [6.45, 7) is 6.65. The zero-order valence-corrected chi connectivity index (χ0v) is 39.9. The quantitative estimate of drug-likeness (QED) is 0.0375. The van der Waals surface area contributed by atoms with E-state index in [9.17, 15) is 9.59 Å². The van der Waals surface area contributed by atoms with Gasteiger partial charge in [-0.15, -0.1) is 0 Å². The predicted octanol–water partition coefficient (Wildman–Crippen LogP) is 16.0. The summed E-state index contributed by atoms with van der Waals surface area (Å²) in [5.74, 6) is -0.0223. The monoisotopic (exact) mass is 845 g/mol. The van der Waals surface area contributed by atoms with Gasteiger partial charge in [-0.3, -0.25) is 9.59 Å². The summed E-state index contributed by atoms with van der Waals surface area (Å²) in [5, 5.41) is 0. The van der Waals surface area contributed by atoms with Crippen molar-refractivity contribution in [2.75, 3.05) is 0 Å². The molecule has 0 saturated heterocycles. The number of hydrogen-bond donors (Lipinski definition) is 0. The zero-order valence-electron chi connectivity index (χ0n) is 39.9. The lowest BCUT2D eigenvalue weighted by Crippen LogP contribution is -2.28. The van der Waals surface area contributed by atoms with Crippen LogP contribution in [0.3, 0.4) is 0 Å². The third-order valence-electron chi connectivity index (χ3n) is 12.3. The number of rotatable bonds is 39. The average molecular weight is 845 g/mol. The van der Waals surface area contributed by atoms with E-state index in [-0.39, 0.29) is 42.4 Å². The SMILES string of the molecule is CC/C=C\CC1C(CC(=O)OC(CCCCCCCC/C=C\C/C=C\CCCCC)CCCCCCCC/C=C\C/C=C\CCCCC)CCC1OC(=O)Cc1cn(C)cn1. The summed E-state index contributed by atoms with van der Waals surface area (Å²) in [6, 6.07) is 0. The third-order valence-corrected chi connectivity index (χ3v) is 12.3. The molecule has 0 spiro atoms. The first kappa shape index (κ1) is 54.0. The number of esters is 2. The van der Waals surface area contributed by atoms with Crippen molar-refractivity contribution in [1.29, 1.82) is 0 Å². The van der Waals surface area contributed by atoms with Crippen molar-refractivity contribution >= 4 is 11.9 Å². The van der Waals surface area contributed by atoms with Gasteiger partial charge in [-0.05, 0) is 121 Å². The number of aromatic nitrogens is 2. The lowest BCUT2D eigenvalue weighted by molar-refractivity contribution is -0.152. The fraction of sp³-hybridized carbons (Fsp3) is 0.727. The van der Waals surface area contributed by atoms with Gasteiger partial charge in [-0.2, -0.15) is 0 Å². The van der Waals surface area contributed by atoms with E-state index >= 15 is 0 Å². The molecule has 3 unspecified atom stereocenters. The van der Waals surface area contributed by atoms with E-state index in [4.69, 9.17) is 9.47 Å². The molecule has 1 aliphatic rings. The van der Waals surface area contributed by atoms with Crippen molar-refractivity contribution in [1.82, 2.24) is 9.55 Å². The van der Waals surface area contributed by atoms with Crippen LogP contribution in [0.1, 0.15) is 226 Å². The molecule has 61 heavy (non-hydrogen) atoms. The minimum absolute atomic E-state index is 0.00370. The molecule has 2 rings (SSSR count). The van der Waals surface area contributed by atoms with E-state index in [1.54, 1.807) is 6.33 Å². The normalized spacial score (nSPS) is 17.2. The summed E-state index contributed by atoms with van der Waals surface area (Å²) in [5.41, 5.74) is 0.721. The van der Waals surface area contributed by atoms with E-state index in [0.29, 0.717) is 6.42 Å². The van der Waals surface area contributed by atoms with Gasteiger partial charge in [0.2, 0.25) is 0 Å². The second kappa shape index (κ2) is 38.5. The molecule has 1 aromatic rings. The molecule has 0 radical (unpaired) electrons. The molecule has 0 amide bonds. The number of allylic oxidation sites excluding steroid dienone is 10. The molecule has 6 heteroatoms. The predicted molar refractivity (Wildman–Crippen MR) is 260 cm³/mol. The Balaban J connectivity index is 1.78. The molecular formula is C55H92N2O4. The Morgan fingerprint density at radius 2 is 1.15 bits per heavy atom. The van der Waals surface area contributed by atoms with Crippen LogP contribution in [0.5, 0.6) is 0 Å². The van der Waals surface area contributed by atoms with Crippen molar-refractivity contribution in [3.05, 3.63) is 79.0 Å². The lowest BCUT2D eigenvalue weighted by atomic mass is 9.88. The minimum Gasteiger partial charge on any atom is -0.462 e. The van der Waals surface area contributed by atoms with Gasteiger partial charge < -0.3 is 14.0 Å². The standard InChI is InChI=1S/C55H92N2O4/c1-5-8-11-13-15-17-19-21-23-25-27-29-31-33-35-38-40-51(41-39-36-34-32-30-28-26-24-22-20-18-16-14-12-9-6-2)60-54(58)45-49-43-44-53(52(49)42-37-10-7-3)61-55(59)46-50-47-57(4)48-56-50/h10,15-18,21-24,37,47-49,51-53H,5-9,11-14,19-20,25-36,38-46H2,1-4H3/b17-15-,18-16-,23-21-,24-22-,37-10-. The molecule has 1 fully saturated rings. The summed E-state index contributed by atoms with van der Waals surface area (Å²) in [4.78, 5) is 30.8. The highest BCUT2D eigenvalue weighted by Crippen LogP contribution is 2.39. The minimum atomic E-state index is -0.238. The van der Waals surface area contributed by atoms with Gasteiger partial charge in [0.15, 0.2) is 0 Å². The number of unbranched alkanes of at least 4 members (excludes halogenated alkanes) is 18. The first-order valence-corrected chi connectivity index (χ1v) is 25.6. The molecule has 1 heterocycles. The number of ether oxygens (including phenoxy) is 2. The maximum atomic E-state index is 13.6. The highest BCUT2D eigenvalue weighted by molar-refractivity contribution is 5.72. The molecule has 6 nitrogen and oxygen atoms in total. The maximum Gasteiger partial charge on any atom is 0.312 e. The van der Waals surface area contributed by atoms with Crippen LogP contribution in [-0.4, -0.2) is 33.7 Å². The second-order valence-electron chi connectivity index (χ2n) is 17.9. The van der Waals surface area contributed by atoms with E-state index in [1.165, 1.54) is 128 Å². The highest BCUT2D eigenvalue weighted by Gasteiger charge is 2.39. The molecule has 3 atom stereocenters. The van der Waals surface area contributed by atoms with Crippen LogP contribution in [0.4, 0.5) is 0 Å². The second-order valence-corrected chi connectivity index (χ2v) is 17.9. The van der Waals surface area contributed by atoms with Gasteiger partial charge in [0.05, 0.1) is 18.4 Å².